The van der Waals surface area contributed by atoms with Crippen molar-refractivity contribution in [1.29, 1.82) is 0 Å². The van der Waals surface area contributed by atoms with Crippen molar-refractivity contribution in [2.75, 3.05) is 26.9 Å². The number of amides is 2. The maximum Gasteiger partial charge on any atom is 0.326 e. The van der Waals surface area contributed by atoms with Gasteiger partial charge in [0.1, 0.15) is 6.04 Å². The second-order valence-corrected chi connectivity index (χ2v) is 4.61. The Morgan fingerprint density at radius 2 is 2.28 bits per heavy atom. The average Bonchev–Trinajstić information content (AvgIpc) is 2.96. The summed E-state index contributed by atoms with van der Waals surface area (Å²) in [6.45, 7) is 1.44. The van der Waals surface area contributed by atoms with Crippen LogP contribution in [0.3, 0.4) is 0 Å². The Hall–Kier alpha value is -1.34. The van der Waals surface area contributed by atoms with E-state index in [9.17, 15) is 9.59 Å². The summed E-state index contributed by atoms with van der Waals surface area (Å²) in [5.41, 5.74) is 0. The molecule has 3 atom stereocenters. The van der Waals surface area contributed by atoms with Crippen molar-refractivity contribution in [1.82, 2.24) is 10.2 Å². The number of likely N-dealkylation sites (tertiary alicyclic amines) is 1. The van der Waals surface area contributed by atoms with Gasteiger partial charge < -0.3 is 24.8 Å². The minimum atomic E-state index is -0.993. The van der Waals surface area contributed by atoms with Crippen molar-refractivity contribution >= 4 is 12.0 Å². The van der Waals surface area contributed by atoms with E-state index in [-0.39, 0.29) is 18.2 Å². The van der Waals surface area contributed by atoms with E-state index < -0.39 is 12.0 Å². The van der Waals surface area contributed by atoms with Crippen molar-refractivity contribution in [2.45, 2.75) is 31.0 Å². The molecule has 0 aliphatic carbocycles. The van der Waals surface area contributed by atoms with E-state index in [0.29, 0.717) is 26.2 Å². The third-order valence-corrected chi connectivity index (χ3v) is 3.40. The lowest BCUT2D eigenvalue weighted by atomic mass is 10.2. The summed E-state index contributed by atoms with van der Waals surface area (Å²) in [6, 6.07) is -1.18. The zero-order chi connectivity index (χ0) is 13.1. The van der Waals surface area contributed by atoms with E-state index in [1.807, 2.05) is 0 Å². The Morgan fingerprint density at radius 3 is 2.83 bits per heavy atom. The summed E-state index contributed by atoms with van der Waals surface area (Å²) in [4.78, 5) is 24.5. The molecule has 0 spiro atoms. The molecule has 0 aromatic rings. The van der Waals surface area contributed by atoms with Crippen LogP contribution in [0.5, 0.6) is 0 Å². The Balaban J connectivity index is 1.96. The molecule has 2 N–H and O–H groups in total. The third-order valence-electron chi connectivity index (χ3n) is 3.40. The molecule has 2 fully saturated rings. The summed E-state index contributed by atoms with van der Waals surface area (Å²) in [5, 5.41) is 11.9. The first-order chi connectivity index (χ1) is 8.61. The van der Waals surface area contributed by atoms with E-state index in [1.54, 1.807) is 0 Å². The summed E-state index contributed by atoms with van der Waals surface area (Å²) in [5.74, 6) is -0.993. The van der Waals surface area contributed by atoms with Gasteiger partial charge >= 0.3 is 12.0 Å². The average molecular weight is 258 g/mol. The molecule has 2 aliphatic heterocycles. The van der Waals surface area contributed by atoms with Crippen LogP contribution in [0.2, 0.25) is 0 Å². The molecule has 0 saturated carbocycles. The first-order valence-electron chi connectivity index (χ1n) is 6.02. The van der Waals surface area contributed by atoms with Crippen molar-refractivity contribution in [3.63, 3.8) is 0 Å². The second-order valence-electron chi connectivity index (χ2n) is 4.61. The molecule has 7 heteroatoms. The number of methoxy groups -OCH3 is 1. The molecule has 2 aliphatic rings. The standard InChI is InChI=1S/C11H18N2O5/c1-17-8-4-9(10(14)15)13(5-8)11(16)12-7-2-3-18-6-7/h7-9H,2-6H2,1H3,(H,12,16)(H,14,15). The second kappa shape index (κ2) is 5.53. The molecule has 7 nitrogen and oxygen atoms in total. The SMILES string of the molecule is COC1CC(C(=O)O)N(C(=O)NC2CCOC2)C1. The summed E-state index contributed by atoms with van der Waals surface area (Å²) >= 11 is 0. The van der Waals surface area contributed by atoms with Gasteiger partial charge in [0.2, 0.25) is 0 Å². The van der Waals surface area contributed by atoms with Crippen LogP contribution in [0.25, 0.3) is 0 Å². The molecule has 0 aromatic carbocycles. The Morgan fingerprint density at radius 1 is 1.50 bits per heavy atom. The molecule has 3 unspecified atom stereocenters. The molecular formula is C11H18N2O5. The van der Waals surface area contributed by atoms with Crippen LogP contribution in [0.15, 0.2) is 0 Å². The topological polar surface area (TPSA) is 88.1 Å². The molecule has 18 heavy (non-hydrogen) atoms. The van der Waals surface area contributed by atoms with E-state index in [0.717, 1.165) is 6.42 Å². The number of ether oxygens (including phenoxy) is 2. The van der Waals surface area contributed by atoms with Crippen molar-refractivity contribution < 1.29 is 24.2 Å². The van der Waals surface area contributed by atoms with Crippen LogP contribution >= 0.6 is 0 Å². The van der Waals surface area contributed by atoms with Gasteiger partial charge in [0.15, 0.2) is 0 Å². The van der Waals surface area contributed by atoms with Crippen LogP contribution in [0.1, 0.15) is 12.8 Å². The predicted octanol–water partition coefficient (Wildman–Crippen LogP) is -0.341. The predicted molar refractivity (Wildman–Crippen MR) is 61.3 cm³/mol. The Kier molecular flexibility index (Phi) is 4.03. The van der Waals surface area contributed by atoms with Gasteiger partial charge in [-0.25, -0.2) is 9.59 Å². The number of carbonyl (C=O) groups is 2. The minimum Gasteiger partial charge on any atom is -0.480 e. The maximum atomic E-state index is 12.0. The number of nitrogens with one attached hydrogen (secondary N) is 1. The quantitative estimate of drug-likeness (QED) is 0.723. The summed E-state index contributed by atoms with van der Waals surface area (Å²) in [7, 11) is 1.52. The van der Waals surface area contributed by atoms with Gasteiger partial charge in [-0.3, -0.25) is 0 Å². The van der Waals surface area contributed by atoms with Gasteiger partial charge in [0, 0.05) is 26.7 Å². The molecule has 0 bridgehead atoms. The number of nitrogens with zero attached hydrogens (tertiary/aromatic N) is 1. The first kappa shape index (κ1) is 13.1. The fourth-order valence-electron chi connectivity index (χ4n) is 2.33. The number of hydrogen-bond donors (Lipinski definition) is 2. The fourth-order valence-corrected chi connectivity index (χ4v) is 2.33. The normalized spacial score (nSPS) is 31.6. The van der Waals surface area contributed by atoms with Crippen LogP contribution in [-0.2, 0) is 14.3 Å². The Bertz CT molecular complexity index is 329. The number of carboxylic acid groups (broad SMARTS) is 1. The van der Waals surface area contributed by atoms with Crippen LogP contribution in [0.4, 0.5) is 4.79 Å². The van der Waals surface area contributed by atoms with Crippen molar-refractivity contribution in [2.24, 2.45) is 0 Å². The summed E-state index contributed by atoms with van der Waals surface area (Å²) in [6.07, 6.45) is 0.891. The molecular weight excluding hydrogens is 240 g/mol. The maximum absolute atomic E-state index is 12.0. The third kappa shape index (κ3) is 2.73. The highest BCUT2D eigenvalue weighted by Gasteiger charge is 2.40. The smallest absolute Gasteiger partial charge is 0.326 e. The van der Waals surface area contributed by atoms with Gasteiger partial charge in [0.05, 0.1) is 18.8 Å². The molecule has 0 aromatic heterocycles. The van der Waals surface area contributed by atoms with E-state index >= 15 is 0 Å². The highest BCUT2D eigenvalue weighted by molar-refractivity contribution is 5.83. The molecule has 102 valence electrons. The van der Waals surface area contributed by atoms with Crippen molar-refractivity contribution in [3.8, 4) is 0 Å². The van der Waals surface area contributed by atoms with Gasteiger partial charge in [0.25, 0.3) is 0 Å². The monoisotopic (exact) mass is 258 g/mol. The lowest BCUT2D eigenvalue weighted by Crippen LogP contribution is -2.49. The van der Waals surface area contributed by atoms with Crippen LogP contribution in [-0.4, -0.2) is 67.1 Å². The van der Waals surface area contributed by atoms with Gasteiger partial charge in [-0.05, 0) is 6.42 Å². The highest BCUT2D eigenvalue weighted by Crippen LogP contribution is 2.20. The fraction of sp³-hybridized carbons (Fsp3) is 0.818. The lowest BCUT2D eigenvalue weighted by Gasteiger charge is -2.23. The van der Waals surface area contributed by atoms with Gasteiger partial charge in [-0.15, -0.1) is 0 Å². The number of rotatable bonds is 3. The zero-order valence-corrected chi connectivity index (χ0v) is 10.3. The summed E-state index contributed by atoms with van der Waals surface area (Å²) < 4.78 is 10.3. The van der Waals surface area contributed by atoms with E-state index in [1.165, 1.54) is 12.0 Å². The van der Waals surface area contributed by atoms with Gasteiger partial charge in [-0.1, -0.05) is 0 Å². The molecule has 2 saturated heterocycles. The van der Waals surface area contributed by atoms with Crippen LogP contribution in [0, 0.1) is 0 Å². The number of carbonyl (C=O) groups excluding carboxylic acids is 1. The number of urea groups is 1. The molecule has 2 rings (SSSR count). The first-order valence-corrected chi connectivity index (χ1v) is 6.02. The van der Waals surface area contributed by atoms with Crippen molar-refractivity contribution in [3.05, 3.63) is 0 Å². The van der Waals surface area contributed by atoms with Crippen LogP contribution < -0.4 is 5.32 Å². The highest BCUT2D eigenvalue weighted by atomic mass is 16.5. The van der Waals surface area contributed by atoms with E-state index in [4.69, 9.17) is 14.6 Å². The van der Waals surface area contributed by atoms with Gasteiger partial charge in [-0.2, -0.15) is 0 Å². The zero-order valence-electron chi connectivity index (χ0n) is 10.3. The molecule has 2 amide bonds. The minimum absolute atomic E-state index is 0.0199. The number of carboxylic acids is 1. The molecule has 2 heterocycles. The lowest BCUT2D eigenvalue weighted by molar-refractivity contribution is -0.141. The number of aliphatic carboxylic acids is 1. The molecule has 0 radical (unpaired) electrons. The van der Waals surface area contributed by atoms with E-state index in [2.05, 4.69) is 5.32 Å². The largest absolute Gasteiger partial charge is 0.480 e. The Labute approximate surface area is 105 Å². The number of hydrogen-bond acceptors (Lipinski definition) is 4.